The molecule has 3 N–H and O–H groups in total. The van der Waals surface area contributed by atoms with Gasteiger partial charge in [0.25, 0.3) is 0 Å². The van der Waals surface area contributed by atoms with Crippen LogP contribution in [0.4, 0.5) is 11.4 Å². The van der Waals surface area contributed by atoms with Gasteiger partial charge in [-0.25, -0.2) is 0 Å². The smallest absolute Gasteiger partial charge is 0.0578 e. The second-order valence-electron chi connectivity index (χ2n) is 7.68. The number of methoxy groups -OCH3 is 1. The first-order valence-electron chi connectivity index (χ1n) is 9.51. The Balaban J connectivity index is 1.45. The van der Waals surface area contributed by atoms with Gasteiger partial charge in [-0.2, -0.15) is 0 Å². The monoisotopic (exact) mass is 331 g/mol. The Labute approximate surface area is 146 Å². The molecule has 1 aliphatic heterocycles. The molecule has 1 saturated heterocycles. The summed E-state index contributed by atoms with van der Waals surface area (Å²) in [6, 6.07) is 7.59. The highest BCUT2D eigenvalue weighted by Crippen LogP contribution is 2.30. The Morgan fingerprint density at radius 2 is 1.83 bits per heavy atom. The van der Waals surface area contributed by atoms with E-state index in [1.54, 1.807) is 0 Å². The van der Waals surface area contributed by atoms with E-state index >= 15 is 0 Å². The lowest BCUT2D eigenvalue weighted by atomic mass is 9.85. The molecular weight excluding hydrogens is 298 g/mol. The number of anilines is 2. The van der Waals surface area contributed by atoms with E-state index < -0.39 is 0 Å². The highest BCUT2D eigenvalue weighted by Gasteiger charge is 2.29. The van der Waals surface area contributed by atoms with Gasteiger partial charge in [-0.3, -0.25) is 0 Å². The first-order valence-corrected chi connectivity index (χ1v) is 9.51. The van der Waals surface area contributed by atoms with E-state index in [1.165, 1.54) is 57.2 Å². The number of hydrogen-bond acceptors (Lipinski definition) is 4. The predicted octanol–water partition coefficient (Wildman–Crippen LogP) is 3.66. The molecule has 1 heterocycles. The number of piperidine rings is 1. The van der Waals surface area contributed by atoms with Crippen LogP contribution in [0.5, 0.6) is 0 Å². The SMILES string of the molecule is COC[C@H]1CC[C@@H](N2CCC(Nc3cc(C)ccc3N)CC2)CC1. The summed E-state index contributed by atoms with van der Waals surface area (Å²) < 4.78 is 5.32. The zero-order valence-electron chi connectivity index (χ0n) is 15.3. The van der Waals surface area contributed by atoms with Gasteiger partial charge in [0.15, 0.2) is 0 Å². The van der Waals surface area contributed by atoms with Crippen LogP contribution in [0.2, 0.25) is 0 Å². The van der Waals surface area contributed by atoms with Gasteiger partial charge < -0.3 is 20.7 Å². The normalized spacial score (nSPS) is 26.4. The number of nitrogens with zero attached hydrogens (tertiary/aromatic N) is 1. The molecule has 0 radical (unpaired) electrons. The van der Waals surface area contributed by atoms with Gasteiger partial charge in [0.1, 0.15) is 0 Å². The summed E-state index contributed by atoms with van der Waals surface area (Å²) in [7, 11) is 1.82. The maximum atomic E-state index is 6.11. The molecule has 4 heteroatoms. The second kappa shape index (κ2) is 8.21. The van der Waals surface area contributed by atoms with Crippen LogP contribution in [0.15, 0.2) is 18.2 Å². The van der Waals surface area contributed by atoms with Crippen molar-refractivity contribution < 1.29 is 4.74 Å². The van der Waals surface area contributed by atoms with E-state index in [-0.39, 0.29) is 0 Å². The van der Waals surface area contributed by atoms with Gasteiger partial charge in [-0.15, -0.1) is 0 Å². The fraction of sp³-hybridized carbons (Fsp3) is 0.700. The molecule has 0 bridgehead atoms. The number of aryl methyl sites for hydroxylation is 1. The first kappa shape index (κ1) is 17.6. The number of hydrogen-bond donors (Lipinski definition) is 2. The Bertz CT molecular complexity index is 518. The van der Waals surface area contributed by atoms with Gasteiger partial charge >= 0.3 is 0 Å². The topological polar surface area (TPSA) is 50.5 Å². The van der Waals surface area contributed by atoms with Gasteiger partial charge in [-0.1, -0.05) is 6.07 Å². The van der Waals surface area contributed by atoms with Crippen LogP contribution < -0.4 is 11.1 Å². The third-order valence-corrected chi connectivity index (χ3v) is 5.83. The van der Waals surface area contributed by atoms with Crippen LogP contribution in [0.3, 0.4) is 0 Å². The minimum absolute atomic E-state index is 0.551. The molecule has 134 valence electrons. The van der Waals surface area contributed by atoms with Crippen molar-refractivity contribution in [2.24, 2.45) is 5.92 Å². The molecule has 0 unspecified atom stereocenters. The summed E-state index contributed by atoms with van der Waals surface area (Å²) in [4.78, 5) is 2.72. The van der Waals surface area contributed by atoms with E-state index in [0.717, 1.165) is 29.9 Å². The van der Waals surface area contributed by atoms with Crippen molar-refractivity contribution in [1.82, 2.24) is 4.90 Å². The fourth-order valence-corrected chi connectivity index (χ4v) is 4.34. The second-order valence-corrected chi connectivity index (χ2v) is 7.68. The van der Waals surface area contributed by atoms with Crippen LogP contribution in [0, 0.1) is 12.8 Å². The Morgan fingerprint density at radius 3 is 2.50 bits per heavy atom. The summed E-state index contributed by atoms with van der Waals surface area (Å²) in [6.45, 7) is 5.48. The molecule has 4 nitrogen and oxygen atoms in total. The molecule has 0 atom stereocenters. The third-order valence-electron chi connectivity index (χ3n) is 5.83. The molecular formula is C20H33N3O. The average Bonchev–Trinajstić information content (AvgIpc) is 2.60. The molecule has 1 aliphatic carbocycles. The number of ether oxygens (including phenoxy) is 1. The number of rotatable bonds is 5. The number of nitrogens with two attached hydrogens (primary N) is 1. The molecule has 1 aromatic carbocycles. The lowest BCUT2D eigenvalue weighted by molar-refractivity contribution is 0.0785. The molecule has 2 fully saturated rings. The highest BCUT2D eigenvalue weighted by atomic mass is 16.5. The van der Waals surface area contributed by atoms with Gasteiger partial charge in [0, 0.05) is 38.9 Å². The largest absolute Gasteiger partial charge is 0.397 e. The standard InChI is InChI=1S/C20H33N3O/c1-15-3-8-19(21)20(13-15)22-17-9-11-23(12-10-17)18-6-4-16(5-7-18)14-24-2/h3,8,13,16-18,22H,4-7,9-12,14,21H2,1-2H3/t16-,18+. The maximum absolute atomic E-state index is 6.11. The fourth-order valence-electron chi connectivity index (χ4n) is 4.34. The van der Waals surface area contributed by atoms with Crippen LogP contribution in [-0.2, 0) is 4.74 Å². The molecule has 0 amide bonds. The summed E-state index contributed by atoms with van der Waals surface area (Å²) in [5.74, 6) is 0.787. The van der Waals surface area contributed by atoms with Crippen LogP contribution in [-0.4, -0.2) is 43.8 Å². The first-order chi connectivity index (χ1) is 11.7. The minimum Gasteiger partial charge on any atom is -0.397 e. The zero-order chi connectivity index (χ0) is 16.9. The average molecular weight is 332 g/mol. The molecule has 0 spiro atoms. The Hall–Kier alpha value is -1.26. The quantitative estimate of drug-likeness (QED) is 0.809. The number of nitrogen functional groups attached to an aromatic ring is 1. The third kappa shape index (κ3) is 4.42. The van der Waals surface area contributed by atoms with Gasteiger partial charge in [0.05, 0.1) is 11.4 Å². The van der Waals surface area contributed by atoms with Crippen LogP contribution >= 0.6 is 0 Å². The molecule has 3 rings (SSSR count). The van der Waals surface area contributed by atoms with E-state index in [4.69, 9.17) is 10.5 Å². The van der Waals surface area contributed by atoms with Crippen molar-refractivity contribution in [3.05, 3.63) is 23.8 Å². The lowest BCUT2D eigenvalue weighted by Gasteiger charge is -2.41. The highest BCUT2D eigenvalue weighted by molar-refractivity contribution is 5.67. The Kier molecular flexibility index (Phi) is 6.01. The number of likely N-dealkylation sites (tertiary alicyclic amines) is 1. The van der Waals surface area contributed by atoms with Crippen molar-refractivity contribution in [2.75, 3.05) is 37.9 Å². The molecule has 24 heavy (non-hydrogen) atoms. The van der Waals surface area contributed by atoms with Crippen molar-refractivity contribution >= 4 is 11.4 Å². The van der Waals surface area contributed by atoms with E-state index in [9.17, 15) is 0 Å². The van der Waals surface area contributed by atoms with Crippen molar-refractivity contribution in [3.63, 3.8) is 0 Å². The summed E-state index contributed by atoms with van der Waals surface area (Å²) in [6.07, 6.45) is 7.78. The van der Waals surface area contributed by atoms with Crippen LogP contribution in [0.1, 0.15) is 44.1 Å². The van der Waals surface area contributed by atoms with E-state index in [2.05, 4.69) is 29.3 Å². The summed E-state index contributed by atoms with van der Waals surface area (Å²) >= 11 is 0. The van der Waals surface area contributed by atoms with Crippen molar-refractivity contribution in [3.8, 4) is 0 Å². The van der Waals surface area contributed by atoms with Crippen LogP contribution in [0.25, 0.3) is 0 Å². The number of benzene rings is 1. The Morgan fingerprint density at radius 1 is 1.12 bits per heavy atom. The molecule has 1 saturated carbocycles. The maximum Gasteiger partial charge on any atom is 0.0578 e. The van der Waals surface area contributed by atoms with Crippen molar-refractivity contribution in [2.45, 2.75) is 57.5 Å². The lowest BCUT2D eigenvalue weighted by Crippen LogP contribution is -2.46. The van der Waals surface area contributed by atoms with E-state index in [0.29, 0.717) is 6.04 Å². The number of nitrogens with one attached hydrogen (secondary N) is 1. The van der Waals surface area contributed by atoms with Gasteiger partial charge in [-0.05, 0) is 69.1 Å². The summed E-state index contributed by atoms with van der Waals surface area (Å²) in [5, 5.41) is 3.67. The minimum atomic E-state index is 0.551. The molecule has 1 aromatic rings. The van der Waals surface area contributed by atoms with Gasteiger partial charge in [0.2, 0.25) is 0 Å². The zero-order valence-corrected chi connectivity index (χ0v) is 15.3. The predicted molar refractivity (Wildman–Crippen MR) is 101 cm³/mol. The molecule has 2 aliphatic rings. The molecule has 0 aromatic heterocycles. The summed E-state index contributed by atoms with van der Waals surface area (Å²) in [5.41, 5.74) is 9.33. The van der Waals surface area contributed by atoms with Crippen molar-refractivity contribution in [1.29, 1.82) is 0 Å². The van der Waals surface area contributed by atoms with E-state index in [1.807, 2.05) is 13.2 Å².